The number of hydrogen-bond donors (Lipinski definition) is 0. The van der Waals surface area contributed by atoms with Crippen molar-refractivity contribution in [1.29, 1.82) is 0 Å². The maximum Gasteiger partial charge on any atom is 0.220 e. The van der Waals surface area contributed by atoms with Gasteiger partial charge in [0, 0.05) is 26.1 Å². The first-order chi connectivity index (χ1) is 10.6. The van der Waals surface area contributed by atoms with Crippen molar-refractivity contribution in [2.24, 2.45) is 0 Å². The molecule has 0 spiro atoms. The molecule has 2 aromatic rings. The molecule has 114 valence electrons. The maximum absolute atomic E-state index is 11.7. The number of likely N-dealkylation sites (tertiary alicyclic amines) is 1. The average molecular weight is 295 g/mol. The zero-order valence-corrected chi connectivity index (χ0v) is 13.1. The molecule has 1 atom stereocenters. The van der Waals surface area contributed by atoms with Crippen LogP contribution in [0.4, 0.5) is 0 Å². The van der Waals surface area contributed by atoms with Crippen molar-refractivity contribution in [2.45, 2.75) is 39.2 Å². The Morgan fingerprint density at radius 2 is 2.23 bits per heavy atom. The van der Waals surface area contributed by atoms with Crippen molar-refractivity contribution in [2.75, 3.05) is 6.54 Å². The number of amides is 1. The molecule has 1 amide bonds. The minimum absolute atomic E-state index is 0.0856. The van der Waals surface area contributed by atoms with Crippen LogP contribution in [0.25, 0.3) is 0 Å². The van der Waals surface area contributed by atoms with Crippen molar-refractivity contribution >= 4 is 5.91 Å². The molecular formula is C18H21N3O. The van der Waals surface area contributed by atoms with E-state index in [1.165, 1.54) is 11.1 Å². The molecule has 22 heavy (non-hydrogen) atoms. The Morgan fingerprint density at radius 3 is 3.00 bits per heavy atom. The summed E-state index contributed by atoms with van der Waals surface area (Å²) < 4.78 is 0. The van der Waals surface area contributed by atoms with Gasteiger partial charge in [-0.3, -0.25) is 14.8 Å². The molecule has 1 aliphatic heterocycles. The van der Waals surface area contributed by atoms with Crippen LogP contribution < -0.4 is 0 Å². The van der Waals surface area contributed by atoms with Gasteiger partial charge in [-0.05, 0) is 25.3 Å². The molecule has 1 unspecified atom stereocenters. The molecule has 0 radical (unpaired) electrons. The van der Waals surface area contributed by atoms with Gasteiger partial charge in [0.15, 0.2) is 0 Å². The number of carbonyl (C=O) groups excluding carboxylic acids is 1. The SMILES string of the molecule is CC(=O)N1CCCC1c1cncc(Cc2cccc(C)c2)n1. The third kappa shape index (κ3) is 3.16. The van der Waals surface area contributed by atoms with Crippen LogP contribution in [-0.4, -0.2) is 27.3 Å². The molecule has 1 aromatic carbocycles. The van der Waals surface area contributed by atoms with Crippen LogP contribution in [0.5, 0.6) is 0 Å². The second-order valence-corrected chi connectivity index (χ2v) is 5.97. The number of hydrogen-bond acceptors (Lipinski definition) is 3. The Kier molecular flexibility index (Phi) is 4.18. The van der Waals surface area contributed by atoms with Gasteiger partial charge in [0.1, 0.15) is 0 Å². The molecule has 0 saturated carbocycles. The molecule has 3 rings (SSSR count). The predicted octanol–water partition coefficient (Wildman–Crippen LogP) is 3.06. The van der Waals surface area contributed by atoms with Crippen molar-refractivity contribution in [3.8, 4) is 0 Å². The molecule has 1 fully saturated rings. The molecule has 0 aliphatic carbocycles. The highest BCUT2D eigenvalue weighted by molar-refractivity contribution is 5.74. The van der Waals surface area contributed by atoms with Gasteiger partial charge in [0.25, 0.3) is 0 Å². The van der Waals surface area contributed by atoms with Crippen LogP contribution >= 0.6 is 0 Å². The fourth-order valence-corrected chi connectivity index (χ4v) is 3.15. The maximum atomic E-state index is 11.7. The highest BCUT2D eigenvalue weighted by atomic mass is 16.2. The number of nitrogens with zero attached hydrogens (tertiary/aromatic N) is 3. The summed E-state index contributed by atoms with van der Waals surface area (Å²) in [6.45, 7) is 4.54. The van der Waals surface area contributed by atoms with Gasteiger partial charge in [-0.25, -0.2) is 0 Å². The number of carbonyl (C=O) groups is 1. The van der Waals surface area contributed by atoms with E-state index in [4.69, 9.17) is 4.98 Å². The minimum Gasteiger partial charge on any atom is -0.334 e. The summed E-state index contributed by atoms with van der Waals surface area (Å²) in [5.74, 6) is 0.119. The zero-order chi connectivity index (χ0) is 15.5. The Hall–Kier alpha value is -2.23. The fourth-order valence-electron chi connectivity index (χ4n) is 3.15. The van der Waals surface area contributed by atoms with E-state index in [-0.39, 0.29) is 11.9 Å². The quantitative estimate of drug-likeness (QED) is 0.874. The first-order valence-corrected chi connectivity index (χ1v) is 7.77. The predicted molar refractivity (Wildman–Crippen MR) is 85.4 cm³/mol. The normalized spacial score (nSPS) is 17.7. The Labute approximate surface area is 131 Å². The topological polar surface area (TPSA) is 46.1 Å². The summed E-state index contributed by atoms with van der Waals surface area (Å²) >= 11 is 0. The molecule has 2 heterocycles. The van der Waals surface area contributed by atoms with Crippen molar-refractivity contribution in [3.05, 3.63) is 59.2 Å². The van der Waals surface area contributed by atoms with Gasteiger partial charge >= 0.3 is 0 Å². The van der Waals surface area contributed by atoms with E-state index in [0.717, 1.165) is 37.2 Å². The summed E-state index contributed by atoms with van der Waals surface area (Å²) in [6.07, 6.45) is 6.40. The average Bonchev–Trinajstić information content (AvgIpc) is 2.97. The summed E-state index contributed by atoms with van der Waals surface area (Å²) in [6, 6.07) is 8.53. The van der Waals surface area contributed by atoms with Crippen LogP contribution in [0, 0.1) is 6.92 Å². The molecule has 4 nitrogen and oxygen atoms in total. The molecule has 1 aliphatic rings. The number of aryl methyl sites for hydroxylation is 1. The van der Waals surface area contributed by atoms with E-state index in [1.807, 2.05) is 11.1 Å². The van der Waals surface area contributed by atoms with Crippen molar-refractivity contribution in [1.82, 2.24) is 14.9 Å². The van der Waals surface area contributed by atoms with E-state index in [0.29, 0.717) is 0 Å². The fraction of sp³-hybridized carbons (Fsp3) is 0.389. The summed E-state index contributed by atoms with van der Waals surface area (Å²) in [7, 11) is 0. The standard InChI is InChI=1S/C18H21N3O/c1-13-5-3-6-15(9-13)10-16-11-19-12-17(20-16)18-7-4-8-21(18)14(2)22/h3,5-6,9,11-12,18H,4,7-8,10H2,1-2H3. The van der Waals surface area contributed by atoms with E-state index in [9.17, 15) is 4.79 Å². The Bertz CT molecular complexity index is 684. The zero-order valence-electron chi connectivity index (χ0n) is 13.1. The van der Waals surface area contributed by atoms with Gasteiger partial charge in [-0.15, -0.1) is 0 Å². The van der Waals surface area contributed by atoms with Gasteiger partial charge in [0.05, 0.1) is 23.6 Å². The lowest BCUT2D eigenvalue weighted by Gasteiger charge is -2.22. The Balaban J connectivity index is 1.82. The van der Waals surface area contributed by atoms with Crippen LogP contribution in [0.3, 0.4) is 0 Å². The third-order valence-corrected chi connectivity index (χ3v) is 4.17. The lowest BCUT2D eigenvalue weighted by Crippen LogP contribution is -2.28. The van der Waals surface area contributed by atoms with Gasteiger partial charge < -0.3 is 4.90 Å². The number of rotatable bonds is 3. The van der Waals surface area contributed by atoms with E-state index in [1.54, 1.807) is 13.1 Å². The Morgan fingerprint density at radius 1 is 1.36 bits per heavy atom. The van der Waals surface area contributed by atoms with Crippen LogP contribution in [0.1, 0.15) is 48.3 Å². The lowest BCUT2D eigenvalue weighted by molar-refractivity contribution is -0.129. The van der Waals surface area contributed by atoms with Gasteiger partial charge in [-0.1, -0.05) is 29.8 Å². The van der Waals surface area contributed by atoms with Crippen LogP contribution in [0.2, 0.25) is 0 Å². The number of benzene rings is 1. The highest BCUT2D eigenvalue weighted by Crippen LogP contribution is 2.30. The molecule has 4 heteroatoms. The van der Waals surface area contributed by atoms with Crippen LogP contribution in [-0.2, 0) is 11.2 Å². The summed E-state index contributed by atoms with van der Waals surface area (Å²) in [4.78, 5) is 22.7. The van der Waals surface area contributed by atoms with Gasteiger partial charge in [0.2, 0.25) is 5.91 Å². The van der Waals surface area contributed by atoms with Crippen molar-refractivity contribution < 1.29 is 4.79 Å². The monoisotopic (exact) mass is 295 g/mol. The lowest BCUT2D eigenvalue weighted by atomic mass is 10.1. The van der Waals surface area contributed by atoms with E-state index >= 15 is 0 Å². The first kappa shape index (κ1) is 14.7. The first-order valence-electron chi connectivity index (χ1n) is 7.77. The second-order valence-electron chi connectivity index (χ2n) is 5.97. The van der Waals surface area contributed by atoms with Gasteiger partial charge in [-0.2, -0.15) is 0 Å². The molecule has 0 bridgehead atoms. The largest absolute Gasteiger partial charge is 0.334 e. The molecule has 1 aromatic heterocycles. The number of aromatic nitrogens is 2. The van der Waals surface area contributed by atoms with E-state index < -0.39 is 0 Å². The molecule has 0 N–H and O–H groups in total. The second kappa shape index (κ2) is 6.26. The third-order valence-electron chi connectivity index (χ3n) is 4.17. The summed E-state index contributed by atoms with van der Waals surface area (Å²) in [5.41, 5.74) is 4.36. The molecule has 1 saturated heterocycles. The van der Waals surface area contributed by atoms with E-state index in [2.05, 4.69) is 36.2 Å². The summed E-state index contributed by atoms with van der Waals surface area (Å²) in [5, 5.41) is 0. The van der Waals surface area contributed by atoms with Crippen LogP contribution in [0.15, 0.2) is 36.7 Å². The highest BCUT2D eigenvalue weighted by Gasteiger charge is 2.29. The minimum atomic E-state index is 0.0856. The smallest absolute Gasteiger partial charge is 0.220 e. The van der Waals surface area contributed by atoms with Crippen molar-refractivity contribution in [3.63, 3.8) is 0 Å². The molecular weight excluding hydrogens is 274 g/mol.